The molecule has 5 rings (SSSR count). The van der Waals surface area contributed by atoms with Crippen molar-refractivity contribution in [2.45, 2.75) is 69.9 Å². The Balaban J connectivity index is 1.55. The van der Waals surface area contributed by atoms with Gasteiger partial charge >= 0.3 is 5.97 Å². The molecule has 8 heteroatoms. The van der Waals surface area contributed by atoms with E-state index in [1.165, 1.54) is 10.5 Å². The Morgan fingerprint density at radius 2 is 1.97 bits per heavy atom. The van der Waals surface area contributed by atoms with Gasteiger partial charge in [-0.3, -0.25) is 14.5 Å². The number of amides is 1. The Bertz CT molecular complexity index is 1080. The van der Waals surface area contributed by atoms with Crippen molar-refractivity contribution >= 4 is 11.9 Å². The van der Waals surface area contributed by atoms with E-state index in [4.69, 9.17) is 18.9 Å². The van der Waals surface area contributed by atoms with E-state index < -0.39 is 11.5 Å². The average Bonchev–Trinajstić information content (AvgIpc) is 3.52. The molecule has 3 heterocycles. The van der Waals surface area contributed by atoms with E-state index in [-0.39, 0.29) is 36.5 Å². The zero-order chi connectivity index (χ0) is 25.7. The summed E-state index contributed by atoms with van der Waals surface area (Å²) in [5.74, 6) is 1.64. The van der Waals surface area contributed by atoms with Crippen LogP contribution in [-0.4, -0.2) is 74.4 Å². The number of fused-ring (bicyclic) bond motifs is 3. The lowest BCUT2D eigenvalue weighted by molar-refractivity contribution is -0.165. The van der Waals surface area contributed by atoms with Crippen LogP contribution < -0.4 is 9.47 Å². The number of methoxy groups -OCH3 is 1. The third-order valence-corrected chi connectivity index (χ3v) is 8.53. The minimum atomic E-state index is -0.914. The first-order valence-corrected chi connectivity index (χ1v) is 13.1. The molecule has 1 aromatic carbocycles. The Morgan fingerprint density at radius 1 is 1.22 bits per heavy atom. The second-order valence-electron chi connectivity index (χ2n) is 11.1. The molecule has 1 aromatic rings. The highest BCUT2D eigenvalue weighted by Crippen LogP contribution is 2.56. The first kappa shape index (κ1) is 24.9. The van der Waals surface area contributed by atoms with E-state index in [2.05, 4.69) is 23.1 Å². The number of benzene rings is 1. The number of ether oxygens (including phenoxy) is 4. The highest BCUT2D eigenvalue weighted by molar-refractivity contribution is 5.85. The third kappa shape index (κ3) is 3.94. The largest absolute Gasteiger partial charge is 0.497 e. The summed E-state index contributed by atoms with van der Waals surface area (Å²) in [7, 11) is 5.08. The van der Waals surface area contributed by atoms with Gasteiger partial charge in [0.1, 0.15) is 5.76 Å². The molecular formula is C28H38N2O6. The molecule has 196 valence electrons. The summed E-state index contributed by atoms with van der Waals surface area (Å²) in [4.78, 5) is 30.5. The van der Waals surface area contributed by atoms with E-state index in [1.54, 1.807) is 21.2 Å². The maximum atomic E-state index is 13.8. The Morgan fingerprint density at radius 3 is 2.67 bits per heavy atom. The smallest absolute Gasteiger partial charge is 0.313 e. The Labute approximate surface area is 213 Å². The number of nitrogens with zero attached hydrogens (tertiary/aromatic N) is 2. The van der Waals surface area contributed by atoms with Gasteiger partial charge in [-0.25, -0.2) is 0 Å². The zero-order valence-electron chi connectivity index (χ0n) is 22.1. The van der Waals surface area contributed by atoms with Crippen LogP contribution in [0.15, 0.2) is 24.0 Å². The van der Waals surface area contributed by atoms with Gasteiger partial charge in [-0.05, 0) is 68.5 Å². The average molecular weight is 499 g/mol. The van der Waals surface area contributed by atoms with Crippen molar-refractivity contribution in [1.29, 1.82) is 0 Å². The van der Waals surface area contributed by atoms with Crippen molar-refractivity contribution in [3.8, 4) is 11.5 Å². The van der Waals surface area contributed by atoms with Crippen molar-refractivity contribution in [2.24, 2.45) is 5.41 Å². The van der Waals surface area contributed by atoms with Gasteiger partial charge in [-0.2, -0.15) is 0 Å². The van der Waals surface area contributed by atoms with Gasteiger partial charge in [-0.1, -0.05) is 13.3 Å². The quantitative estimate of drug-likeness (QED) is 0.532. The summed E-state index contributed by atoms with van der Waals surface area (Å²) in [5, 5.41) is 0. The zero-order valence-corrected chi connectivity index (χ0v) is 22.1. The lowest BCUT2D eigenvalue weighted by Crippen LogP contribution is -2.48. The predicted molar refractivity (Wildman–Crippen MR) is 134 cm³/mol. The summed E-state index contributed by atoms with van der Waals surface area (Å²) in [6, 6.07) is 4.17. The number of carbonyl (C=O) groups is 2. The molecule has 1 aliphatic carbocycles. The maximum absolute atomic E-state index is 13.8. The molecule has 0 unspecified atom stereocenters. The second kappa shape index (κ2) is 9.29. The minimum Gasteiger partial charge on any atom is -0.497 e. The summed E-state index contributed by atoms with van der Waals surface area (Å²) in [5.41, 5.74) is 1.13. The SMILES string of the molecule is CCC[C@@](C)(CC(=O)N(C)C)C(=O)O[C@@H]1C(OC)=C[C@]23CCCN2CCc2cc4c(cc2[C@H]13)OCO4. The first-order chi connectivity index (χ1) is 17.2. The summed E-state index contributed by atoms with van der Waals surface area (Å²) in [6.45, 7) is 6.01. The summed E-state index contributed by atoms with van der Waals surface area (Å²) >= 11 is 0. The van der Waals surface area contributed by atoms with Crippen LogP contribution in [0, 0.1) is 5.41 Å². The first-order valence-electron chi connectivity index (χ1n) is 13.1. The van der Waals surface area contributed by atoms with E-state index in [0.29, 0.717) is 12.2 Å². The van der Waals surface area contributed by atoms with Crippen LogP contribution in [0.25, 0.3) is 0 Å². The molecule has 0 aromatic heterocycles. The number of esters is 1. The molecular weight excluding hydrogens is 460 g/mol. The van der Waals surface area contributed by atoms with Gasteiger partial charge in [-0.15, -0.1) is 0 Å². The van der Waals surface area contributed by atoms with Crippen LogP contribution in [-0.2, 0) is 25.5 Å². The van der Waals surface area contributed by atoms with E-state index in [9.17, 15) is 9.59 Å². The van der Waals surface area contributed by atoms with E-state index in [1.807, 2.05) is 13.8 Å². The van der Waals surface area contributed by atoms with Crippen LogP contribution in [0.1, 0.15) is 63.0 Å². The number of carbonyl (C=O) groups excluding carboxylic acids is 2. The lowest BCUT2D eigenvalue weighted by Gasteiger charge is -2.40. The summed E-state index contributed by atoms with van der Waals surface area (Å²) in [6.07, 6.45) is 6.02. The molecule has 0 saturated carbocycles. The van der Waals surface area contributed by atoms with Gasteiger partial charge in [0, 0.05) is 27.1 Å². The Kier molecular flexibility index (Phi) is 6.43. The van der Waals surface area contributed by atoms with Gasteiger partial charge < -0.3 is 23.8 Å². The molecule has 1 amide bonds. The topological polar surface area (TPSA) is 77.5 Å². The fourth-order valence-electron chi connectivity index (χ4n) is 6.66. The van der Waals surface area contributed by atoms with Crippen LogP contribution in [0.4, 0.5) is 0 Å². The molecule has 8 nitrogen and oxygen atoms in total. The monoisotopic (exact) mass is 498 g/mol. The van der Waals surface area contributed by atoms with Crippen molar-refractivity contribution in [1.82, 2.24) is 9.80 Å². The molecule has 0 N–H and O–H groups in total. The van der Waals surface area contributed by atoms with Crippen molar-refractivity contribution in [2.75, 3.05) is 41.1 Å². The molecule has 1 fully saturated rings. The van der Waals surface area contributed by atoms with Crippen LogP contribution >= 0.6 is 0 Å². The van der Waals surface area contributed by atoms with Gasteiger partial charge in [0.2, 0.25) is 12.7 Å². The standard InChI is InChI=1S/C28H38N2O6/c1-6-9-27(2,16-23(31)29(3)4)26(32)36-25-22(33-5)15-28-10-7-11-30(28)12-8-18-13-20-21(35-17-34-20)14-19(18)24(25)28/h13-15,24-25H,6-12,16-17H2,1-5H3/t24-,25-,27+,28+/m1/s1. The van der Waals surface area contributed by atoms with Gasteiger partial charge in [0.15, 0.2) is 17.6 Å². The van der Waals surface area contributed by atoms with Crippen molar-refractivity contribution in [3.63, 3.8) is 0 Å². The molecule has 0 radical (unpaired) electrons. The molecule has 3 aliphatic heterocycles. The second-order valence-corrected chi connectivity index (χ2v) is 11.1. The molecule has 1 spiro atoms. The van der Waals surface area contributed by atoms with Crippen LogP contribution in [0.2, 0.25) is 0 Å². The predicted octanol–water partition coefficient (Wildman–Crippen LogP) is 3.63. The maximum Gasteiger partial charge on any atom is 0.313 e. The van der Waals surface area contributed by atoms with Crippen molar-refractivity contribution in [3.05, 3.63) is 35.1 Å². The molecule has 36 heavy (non-hydrogen) atoms. The molecule has 0 bridgehead atoms. The third-order valence-electron chi connectivity index (χ3n) is 8.53. The van der Waals surface area contributed by atoms with E-state index in [0.717, 1.165) is 55.8 Å². The number of hydrogen-bond donors (Lipinski definition) is 0. The van der Waals surface area contributed by atoms with Crippen molar-refractivity contribution < 1.29 is 28.5 Å². The fraction of sp³-hybridized carbons (Fsp3) is 0.643. The minimum absolute atomic E-state index is 0.0807. The normalized spacial score (nSPS) is 27.8. The van der Waals surface area contributed by atoms with Crippen LogP contribution in [0.5, 0.6) is 11.5 Å². The fourth-order valence-corrected chi connectivity index (χ4v) is 6.66. The highest BCUT2D eigenvalue weighted by Gasteiger charge is 2.58. The van der Waals surface area contributed by atoms with E-state index >= 15 is 0 Å². The Hall–Kier alpha value is -2.74. The lowest BCUT2D eigenvalue weighted by atomic mass is 9.77. The number of rotatable bonds is 7. The van der Waals surface area contributed by atoms with Crippen LogP contribution in [0.3, 0.4) is 0 Å². The molecule has 4 aliphatic rings. The van der Waals surface area contributed by atoms with Gasteiger partial charge in [0.25, 0.3) is 0 Å². The van der Waals surface area contributed by atoms with Gasteiger partial charge in [0.05, 0.1) is 24.0 Å². The molecule has 4 atom stereocenters. The number of hydrogen-bond acceptors (Lipinski definition) is 7. The highest BCUT2D eigenvalue weighted by atomic mass is 16.7. The molecule has 1 saturated heterocycles. The summed E-state index contributed by atoms with van der Waals surface area (Å²) < 4.78 is 23.7.